The van der Waals surface area contributed by atoms with Crippen molar-refractivity contribution in [3.63, 3.8) is 0 Å². The molecule has 2 heterocycles. The van der Waals surface area contributed by atoms with E-state index in [0.29, 0.717) is 36.8 Å². The second-order valence-electron chi connectivity index (χ2n) is 9.97. The molecule has 1 fully saturated rings. The molecular weight excluding hydrogens is 423 g/mol. The van der Waals surface area contributed by atoms with Crippen LogP contribution in [-0.4, -0.2) is 67.0 Å². The zero-order chi connectivity index (χ0) is 24.5. The predicted molar refractivity (Wildman–Crippen MR) is 132 cm³/mol. The molecule has 1 saturated carbocycles. The number of rotatable bonds is 3. The van der Waals surface area contributed by atoms with Crippen molar-refractivity contribution >= 4 is 45.3 Å². The van der Waals surface area contributed by atoms with Gasteiger partial charge in [-0.05, 0) is 65.7 Å². The highest BCUT2D eigenvalue weighted by atomic mass is 19.1. The van der Waals surface area contributed by atoms with Crippen LogP contribution in [0.3, 0.4) is 0 Å². The fraction of sp³-hybridized carbons (Fsp3) is 0.478. The van der Waals surface area contributed by atoms with Gasteiger partial charge in [-0.1, -0.05) is 19.1 Å². The Morgan fingerprint density at radius 2 is 2.00 bits per heavy atom. The fourth-order valence-electron chi connectivity index (χ4n) is 6.41. The molecule has 2 N–H and O–H groups in total. The Morgan fingerprint density at radius 1 is 1.24 bits per heavy atom. The van der Waals surface area contributed by atoms with Crippen LogP contribution >= 0.6 is 0 Å². The van der Waals surface area contributed by atoms with Crippen molar-refractivity contribution in [3.8, 4) is 11.1 Å². The molecule has 162 valence electrons. The number of halogens is 1. The number of hydrogen-bond donors (Lipinski definition) is 1. The van der Waals surface area contributed by atoms with Crippen molar-refractivity contribution in [3.05, 3.63) is 53.6 Å². The molecular formula is C23H21B5FN3O2. The summed E-state index contributed by atoms with van der Waals surface area (Å²) in [5, 5.41) is -3.44. The minimum atomic E-state index is -1.73. The van der Waals surface area contributed by atoms with E-state index >= 15 is 0 Å². The number of aliphatic imine (C=N–C) groups is 1. The number of benzene rings is 1. The largest absolute Gasteiger partial charge is 0.476 e. The van der Waals surface area contributed by atoms with Crippen LogP contribution in [0.2, 0.25) is 0 Å². The first kappa shape index (κ1) is 23.6. The summed E-state index contributed by atoms with van der Waals surface area (Å²) >= 11 is 0. The van der Waals surface area contributed by atoms with Crippen molar-refractivity contribution in [1.29, 1.82) is 0 Å². The maximum atomic E-state index is 14.6. The lowest BCUT2D eigenvalue weighted by Crippen LogP contribution is -2.60. The van der Waals surface area contributed by atoms with Crippen LogP contribution in [0.4, 0.5) is 4.39 Å². The quantitative estimate of drug-likeness (QED) is 0.725. The summed E-state index contributed by atoms with van der Waals surface area (Å²) in [5.41, 5.74) is 7.14. The molecule has 5 rings (SSSR count). The van der Waals surface area contributed by atoms with Crippen LogP contribution in [0, 0.1) is 17.2 Å². The normalized spacial score (nSPS) is 31.9. The maximum Gasteiger partial charge on any atom is 0.281 e. The van der Waals surface area contributed by atoms with E-state index in [1.165, 1.54) is 18.5 Å². The summed E-state index contributed by atoms with van der Waals surface area (Å²) in [7, 11) is 30.3. The van der Waals surface area contributed by atoms with Crippen molar-refractivity contribution in [2.75, 3.05) is 0 Å². The Hall–Kier alpha value is -2.15. The Bertz CT molecular complexity index is 1170. The van der Waals surface area contributed by atoms with Crippen molar-refractivity contribution in [2.24, 2.45) is 22.1 Å². The third-order valence-electron chi connectivity index (χ3n) is 7.60. The van der Waals surface area contributed by atoms with Crippen molar-refractivity contribution in [1.82, 2.24) is 4.98 Å². The van der Waals surface area contributed by atoms with E-state index in [9.17, 15) is 4.39 Å². The Morgan fingerprint density at radius 3 is 2.62 bits per heavy atom. The highest BCUT2D eigenvalue weighted by molar-refractivity contribution is 6.58. The van der Waals surface area contributed by atoms with Crippen LogP contribution in [0.1, 0.15) is 37.3 Å². The molecule has 11 heteroatoms. The van der Waals surface area contributed by atoms with Crippen LogP contribution in [0.25, 0.3) is 11.1 Å². The molecule has 2 spiro atoms. The summed E-state index contributed by atoms with van der Waals surface area (Å²) in [4.78, 5) is 8.85. The zero-order valence-corrected chi connectivity index (χ0v) is 19.0. The van der Waals surface area contributed by atoms with Crippen LogP contribution in [0.5, 0.6) is 0 Å². The maximum absolute atomic E-state index is 14.6. The Labute approximate surface area is 205 Å². The van der Waals surface area contributed by atoms with E-state index < -0.39 is 21.7 Å². The van der Waals surface area contributed by atoms with Crippen LogP contribution in [0.15, 0.2) is 41.7 Å². The van der Waals surface area contributed by atoms with Gasteiger partial charge in [-0.3, -0.25) is 4.98 Å². The van der Waals surface area contributed by atoms with Gasteiger partial charge in [0, 0.05) is 23.4 Å². The number of pyridine rings is 1. The number of hydrogen-bond acceptors (Lipinski definition) is 5. The summed E-state index contributed by atoms with van der Waals surface area (Å²) in [6.45, 7) is 2.04. The van der Waals surface area contributed by atoms with E-state index in [-0.39, 0.29) is 23.9 Å². The van der Waals surface area contributed by atoms with Crippen molar-refractivity contribution < 1.29 is 13.9 Å². The lowest BCUT2D eigenvalue weighted by atomic mass is 9.44. The smallest absolute Gasteiger partial charge is 0.281 e. The molecule has 1 aliphatic heterocycles. The monoisotopic (exact) mass is 445 g/mol. The van der Waals surface area contributed by atoms with E-state index in [1.54, 1.807) is 0 Å². The fourth-order valence-corrected chi connectivity index (χ4v) is 6.41. The summed E-state index contributed by atoms with van der Waals surface area (Å²) in [6.07, 6.45) is 5.17. The van der Waals surface area contributed by atoms with Gasteiger partial charge >= 0.3 is 0 Å². The SMILES string of the molecule is [B]C([B])([B])O[C@H]1CC[C@@]2(Cc3ccc(-c4cnccc4F)cc3[C@]23N=C(N)OC3([B])[B])C[C@@H]1C. The van der Waals surface area contributed by atoms with Gasteiger partial charge < -0.3 is 15.2 Å². The van der Waals surface area contributed by atoms with E-state index in [2.05, 4.69) is 4.98 Å². The molecule has 10 radical (unpaired) electrons. The van der Waals surface area contributed by atoms with Gasteiger partial charge in [-0.2, -0.15) is 0 Å². The first-order valence-electron chi connectivity index (χ1n) is 11.3. The number of amidine groups is 1. The number of nitrogens with two attached hydrogens (primary N) is 1. The molecule has 0 unspecified atom stereocenters. The lowest BCUT2D eigenvalue weighted by Gasteiger charge is -2.54. The predicted octanol–water partition coefficient (Wildman–Crippen LogP) is 1.28. The lowest BCUT2D eigenvalue weighted by molar-refractivity contribution is -0.0743. The molecule has 2 aliphatic carbocycles. The second kappa shape index (κ2) is 7.68. The molecule has 3 aliphatic rings. The molecule has 1 aromatic carbocycles. The molecule has 0 bridgehead atoms. The molecule has 4 atom stereocenters. The standard InChI is InChI=1S/C23H21B5FN3O2/c1-12-9-20(6-4-18(12)33-23(26,27)28)10-14-3-2-13(15-11-31-7-5-17(15)29)8-16(14)21(20)22(24,25)34-19(30)32-21/h2-3,5,7-8,11-12,18H,4,6,9-10H2,1H3,(H2,30,32)/t12-,18-,20-,21-/m0/s1. The molecule has 2 aromatic rings. The van der Waals surface area contributed by atoms with Crippen molar-refractivity contribution in [2.45, 2.75) is 54.9 Å². The van der Waals surface area contributed by atoms with Gasteiger partial charge in [-0.15, -0.1) is 0 Å². The average molecular weight is 444 g/mol. The van der Waals surface area contributed by atoms with E-state index in [4.69, 9.17) is 59.4 Å². The summed E-state index contributed by atoms with van der Waals surface area (Å²) in [5.74, 6) is -0.368. The van der Waals surface area contributed by atoms with Gasteiger partial charge in [0.25, 0.3) is 6.02 Å². The van der Waals surface area contributed by atoms with Crippen LogP contribution in [-0.2, 0) is 21.4 Å². The average Bonchev–Trinajstić information content (AvgIpc) is 3.14. The van der Waals surface area contributed by atoms with Gasteiger partial charge in [0.05, 0.1) is 35.0 Å². The summed E-state index contributed by atoms with van der Waals surface area (Å²) < 4.78 is 26.0. The minimum Gasteiger partial charge on any atom is -0.476 e. The Kier molecular flexibility index (Phi) is 5.33. The summed E-state index contributed by atoms with van der Waals surface area (Å²) in [6, 6.07) is 6.95. The number of nitrogens with zero attached hydrogens (tertiary/aromatic N) is 2. The van der Waals surface area contributed by atoms with Gasteiger partial charge in [-0.25, -0.2) is 9.38 Å². The number of aromatic nitrogens is 1. The molecule has 34 heavy (non-hydrogen) atoms. The van der Waals surface area contributed by atoms with Gasteiger partial charge in [0.1, 0.15) is 27.0 Å². The van der Waals surface area contributed by atoms with Crippen LogP contribution < -0.4 is 5.73 Å². The third-order valence-corrected chi connectivity index (χ3v) is 7.60. The van der Waals surface area contributed by atoms with Gasteiger partial charge in [0.15, 0.2) is 0 Å². The molecule has 0 amide bonds. The van der Waals surface area contributed by atoms with Gasteiger partial charge in [0.2, 0.25) is 0 Å². The van der Waals surface area contributed by atoms with E-state index in [0.717, 1.165) is 11.1 Å². The van der Waals surface area contributed by atoms with E-state index in [1.807, 2.05) is 25.1 Å². The topological polar surface area (TPSA) is 69.7 Å². The zero-order valence-electron chi connectivity index (χ0n) is 19.0. The highest BCUT2D eigenvalue weighted by Crippen LogP contribution is 2.66. The number of ether oxygens (including phenoxy) is 2. The highest BCUT2D eigenvalue weighted by Gasteiger charge is 2.68. The first-order valence-corrected chi connectivity index (χ1v) is 11.3. The Balaban J connectivity index is 1.63. The molecule has 1 aromatic heterocycles. The molecule has 5 nitrogen and oxygen atoms in total. The third kappa shape index (κ3) is 3.45. The first-order chi connectivity index (χ1) is 15.9. The molecule has 0 saturated heterocycles. The number of fused-ring (bicyclic) bond motifs is 3. The minimum absolute atomic E-state index is 0.0121. The second-order valence-corrected chi connectivity index (χ2v) is 9.97.